The second-order valence-corrected chi connectivity index (χ2v) is 7.21. The van der Waals surface area contributed by atoms with Crippen molar-refractivity contribution < 1.29 is 0 Å². The molecule has 3 nitrogen and oxygen atoms in total. The molecule has 2 rings (SSSR count). The van der Waals surface area contributed by atoms with Gasteiger partial charge in [-0.3, -0.25) is 0 Å². The quantitative estimate of drug-likeness (QED) is 0.517. The van der Waals surface area contributed by atoms with E-state index >= 15 is 0 Å². The number of hydrogen-bond acceptors (Lipinski definition) is 4. The van der Waals surface area contributed by atoms with E-state index in [1.807, 2.05) is 18.2 Å². The topological polar surface area (TPSA) is 51.8 Å². The average molecular weight is 464 g/mol. The highest BCUT2D eigenvalue weighted by atomic mass is 127. The van der Waals surface area contributed by atoms with Crippen LogP contribution in [-0.2, 0) is 12.2 Å². The van der Waals surface area contributed by atoms with E-state index in [0.29, 0.717) is 5.82 Å². The van der Waals surface area contributed by atoms with Crippen LogP contribution in [0, 0.1) is 3.57 Å². The number of nitrogens with zero attached hydrogens (tertiary/aromatic N) is 2. The van der Waals surface area contributed by atoms with Crippen molar-refractivity contribution in [3.63, 3.8) is 0 Å². The van der Waals surface area contributed by atoms with Crippen molar-refractivity contribution in [1.82, 2.24) is 9.97 Å². The van der Waals surface area contributed by atoms with Crippen LogP contribution in [0.3, 0.4) is 0 Å². The standard InChI is InChI=1S/C14H15BrIN3S/c1-2-5-10-13(16)14(17)19-12(18-10)8-20-11-7-4-3-6-9(11)15/h3-4,6-7H,2,5,8H2,1H3,(H2,17,18,19). The number of nitrogens with two attached hydrogens (primary N) is 1. The molecule has 1 heterocycles. The molecule has 0 bridgehead atoms. The zero-order valence-electron chi connectivity index (χ0n) is 11.1. The van der Waals surface area contributed by atoms with Gasteiger partial charge in [0.15, 0.2) is 0 Å². The molecule has 2 N–H and O–H groups in total. The van der Waals surface area contributed by atoms with Crippen LogP contribution in [0.2, 0.25) is 0 Å². The lowest BCUT2D eigenvalue weighted by atomic mass is 10.2. The molecule has 1 aromatic heterocycles. The fourth-order valence-corrected chi connectivity index (χ4v) is 3.67. The van der Waals surface area contributed by atoms with Gasteiger partial charge >= 0.3 is 0 Å². The van der Waals surface area contributed by atoms with Crippen molar-refractivity contribution in [3.8, 4) is 0 Å². The van der Waals surface area contributed by atoms with Crippen LogP contribution < -0.4 is 5.73 Å². The Morgan fingerprint density at radius 3 is 2.75 bits per heavy atom. The lowest BCUT2D eigenvalue weighted by Crippen LogP contribution is -2.06. The number of aromatic nitrogens is 2. The van der Waals surface area contributed by atoms with Gasteiger partial charge in [-0.1, -0.05) is 25.5 Å². The van der Waals surface area contributed by atoms with Crippen LogP contribution in [0.25, 0.3) is 0 Å². The van der Waals surface area contributed by atoms with Gasteiger partial charge in [0, 0.05) is 9.37 Å². The first-order valence-corrected chi connectivity index (χ1v) is 9.15. The highest BCUT2D eigenvalue weighted by Crippen LogP contribution is 2.29. The highest BCUT2D eigenvalue weighted by Gasteiger charge is 2.10. The first-order valence-electron chi connectivity index (χ1n) is 6.30. The maximum atomic E-state index is 5.97. The Morgan fingerprint density at radius 2 is 2.05 bits per heavy atom. The summed E-state index contributed by atoms with van der Waals surface area (Å²) in [5, 5.41) is 0. The van der Waals surface area contributed by atoms with E-state index in [1.54, 1.807) is 11.8 Å². The van der Waals surface area contributed by atoms with Gasteiger partial charge in [-0.2, -0.15) is 0 Å². The Labute approximate surface area is 145 Å². The SMILES string of the molecule is CCCc1nc(CSc2ccccc2Br)nc(N)c1I. The molecular weight excluding hydrogens is 449 g/mol. The maximum Gasteiger partial charge on any atom is 0.141 e. The predicted octanol–water partition coefficient (Wildman–Crippen LogP) is 4.67. The number of hydrogen-bond donors (Lipinski definition) is 1. The number of anilines is 1. The maximum absolute atomic E-state index is 5.97. The molecule has 0 atom stereocenters. The lowest BCUT2D eigenvalue weighted by molar-refractivity contribution is 0.848. The molecule has 0 aliphatic carbocycles. The molecule has 0 aliphatic heterocycles. The molecule has 0 radical (unpaired) electrons. The van der Waals surface area contributed by atoms with Crippen molar-refractivity contribution in [1.29, 1.82) is 0 Å². The van der Waals surface area contributed by atoms with E-state index in [9.17, 15) is 0 Å². The van der Waals surface area contributed by atoms with Crippen molar-refractivity contribution in [3.05, 3.63) is 43.8 Å². The van der Waals surface area contributed by atoms with Crippen LogP contribution in [0.5, 0.6) is 0 Å². The molecule has 6 heteroatoms. The van der Waals surface area contributed by atoms with Gasteiger partial charge in [-0.25, -0.2) is 9.97 Å². The van der Waals surface area contributed by atoms with Crippen LogP contribution in [-0.4, -0.2) is 9.97 Å². The van der Waals surface area contributed by atoms with Gasteiger partial charge < -0.3 is 5.73 Å². The smallest absolute Gasteiger partial charge is 0.141 e. The summed E-state index contributed by atoms with van der Waals surface area (Å²) in [7, 11) is 0. The van der Waals surface area contributed by atoms with E-state index in [2.05, 4.69) is 61.5 Å². The minimum absolute atomic E-state index is 0.590. The van der Waals surface area contributed by atoms with Crippen molar-refractivity contribution in [2.24, 2.45) is 0 Å². The van der Waals surface area contributed by atoms with Crippen molar-refractivity contribution >= 4 is 56.1 Å². The first kappa shape index (κ1) is 16.0. The summed E-state index contributed by atoms with van der Waals surface area (Å²) in [6.45, 7) is 2.14. The van der Waals surface area contributed by atoms with Gasteiger partial charge in [0.1, 0.15) is 11.6 Å². The van der Waals surface area contributed by atoms with Gasteiger partial charge in [-0.15, -0.1) is 11.8 Å². The normalized spacial score (nSPS) is 10.8. The van der Waals surface area contributed by atoms with Gasteiger partial charge in [0.2, 0.25) is 0 Å². The van der Waals surface area contributed by atoms with Crippen molar-refractivity contribution in [2.75, 3.05) is 5.73 Å². The third kappa shape index (κ3) is 4.08. The highest BCUT2D eigenvalue weighted by molar-refractivity contribution is 14.1. The molecule has 2 aromatic rings. The fraction of sp³-hybridized carbons (Fsp3) is 0.286. The summed E-state index contributed by atoms with van der Waals surface area (Å²) in [6.07, 6.45) is 2.00. The largest absolute Gasteiger partial charge is 0.383 e. The summed E-state index contributed by atoms with van der Waals surface area (Å²) in [4.78, 5) is 10.2. The van der Waals surface area contributed by atoms with Crippen LogP contribution in [0.4, 0.5) is 5.82 Å². The third-order valence-electron chi connectivity index (χ3n) is 2.67. The first-order chi connectivity index (χ1) is 9.61. The molecule has 106 valence electrons. The summed E-state index contributed by atoms with van der Waals surface area (Å²) in [6, 6.07) is 8.15. The number of benzene rings is 1. The average Bonchev–Trinajstić information content (AvgIpc) is 2.43. The van der Waals surface area contributed by atoms with Crippen LogP contribution >= 0.6 is 50.3 Å². The molecule has 0 spiro atoms. The Morgan fingerprint density at radius 1 is 1.30 bits per heavy atom. The molecule has 0 fully saturated rings. The van der Waals surface area contributed by atoms with Gasteiger partial charge in [-0.05, 0) is 57.1 Å². The number of halogens is 2. The molecule has 0 saturated carbocycles. The summed E-state index contributed by atoms with van der Waals surface area (Å²) in [5.41, 5.74) is 7.03. The Balaban J connectivity index is 2.16. The monoisotopic (exact) mass is 463 g/mol. The van der Waals surface area contributed by atoms with Crippen molar-refractivity contribution in [2.45, 2.75) is 30.4 Å². The van der Waals surface area contributed by atoms with Crippen LogP contribution in [0.15, 0.2) is 33.6 Å². The van der Waals surface area contributed by atoms with E-state index < -0.39 is 0 Å². The molecule has 0 amide bonds. The molecule has 0 aliphatic rings. The molecule has 1 aromatic carbocycles. The Hall–Kier alpha value is -0.340. The Kier molecular flexibility index (Phi) is 6.10. The molecular formula is C14H15BrIN3S. The van der Waals surface area contributed by atoms with E-state index in [0.717, 1.165) is 38.2 Å². The molecule has 0 unspecified atom stereocenters. The predicted molar refractivity (Wildman–Crippen MR) is 96.9 cm³/mol. The molecule has 20 heavy (non-hydrogen) atoms. The minimum Gasteiger partial charge on any atom is -0.383 e. The zero-order chi connectivity index (χ0) is 14.5. The number of nitrogen functional groups attached to an aromatic ring is 1. The minimum atomic E-state index is 0.590. The summed E-state index contributed by atoms with van der Waals surface area (Å²) < 4.78 is 2.08. The number of rotatable bonds is 5. The molecule has 0 saturated heterocycles. The fourth-order valence-electron chi connectivity index (χ4n) is 1.74. The van der Waals surface area contributed by atoms with E-state index in [1.165, 1.54) is 4.90 Å². The van der Waals surface area contributed by atoms with Gasteiger partial charge in [0.25, 0.3) is 0 Å². The number of aryl methyl sites for hydroxylation is 1. The summed E-state index contributed by atoms with van der Waals surface area (Å²) >= 11 is 7.49. The Bertz CT molecular complexity index is 607. The van der Waals surface area contributed by atoms with E-state index in [-0.39, 0.29) is 0 Å². The summed E-state index contributed by atoms with van der Waals surface area (Å²) in [5.74, 6) is 2.11. The van der Waals surface area contributed by atoms with Gasteiger partial charge in [0.05, 0.1) is 15.0 Å². The van der Waals surface area contributed by atoms with E-state index in [4.69, 9.17) is 5.73 Å². The second kappa shape index (κ2) is 7.61. The number of thioether (sulfide) groups is 1. The second-order valence-electron chi connectivity index (χ2n) is 4.25. The third-order valence-corrected chi connectivity index (χ3v) is 5.87. The lowest BCUT2D eigenvalue weighted by Gasteiger charge is -2.08. The van der Waals surface area contributed by atoms with Crippen LogP contribution in [0.1, 0.15) is 24.9 Å². The zero-order valence-corrected chi connectivity index (χ0v) is 15.6.